The van der Waals surface area contributed by atoms with Gasteiger partial charge in [0.15, 0.2) is 0 Å². The van der Waals surface area contributed by atoms with E-state index >= 15 is 0 Å². The van der Waals surface area contributed by atoms with Crippen molar-refractivity contribution >= 4 is 43.4 Å². The Balaban J connectivity index is 3.84. The molecule has 0 spiro atoms. The second-order valence-electron chi connectivity index (χ2n) is 2.39. The topological polar surface area (TPSA) is 34.1 Å². The third-order valence-electron chi connectivity index (χ3n) is 1.30. The van der Waals surface area contributed by atoms with Crippen molar-refractivity contribution in [2.24, 2.45) is 0 Å². The molecule has 64 valence electrons. The Hall–Kier alpha value is 0.300. The van der Waals surface area contributed by atoms with Crippen LogP contribution < -0.4 is 0 Å². The molecule has 0 heterocycles. The van der Waals surface area contributed by atoms with Gasteiger partial charge in [-0.15, -0.1) is 0 Å². The largest absolute Gasteiger partial charge is 0.299 e. The molecule has 0 saturated heterocycles. The predicted molar refractivity (Wildman–Crippen MR) is 51.4 cm³/mol. The zero-order chi connectivity index (χ0) is 9.02. The van der Waals surface area contributed by atoms with Crippen LogP contribution in [-0.2, 0) is 9.59 Å². The van der Waals surface area contributed by atoms with Crippen molar-refractivity contribution in [2.75, 3.05) is 0 Å². The van der Waals surface area contributed by atoms with E-state index in [0.717, 1.165) is 0 Å². The van der Waals surface area contributed by atoms with Gasteiger partial charge in [0.2, 0.25) is 0 Å². The first kappa shape index (κ1) is 11.3. The number of hydrogen-bond acceptors (Lipinski definition) is 2. The maximum Gasteiger partial charge on any atom is 0.143 e. The average molecular weight is 286 g/mol. The first-order valence-electron chi connectivity index (χ1n) is 3.24. The summed E-state index contributed by atoms with van der Waals surface area (Å²) in [4.78, 5) is 21.0. The minimum Gasteiger partial charge on any atom is -0.299 e. The van der Waals surface area contributed by atoms with E-state index in [2.05, 4.69) is 31.9 Å². The van der Waals surface area contributed by atoms with Gasteiger partial charge in [0.25, 0.3) is 0 Å². The molecule has 2 nitrogen and oxygen atoms in total. The lowest BCUT2D eigenvalue weighted by atomic mass is 10.1. The summed E-state index contributed by atoms with van der Waals surface area (Å²) in [6.07, 6.45) is 0.519. The third kappa shape index (κ3) is 4.69. The van der Waals surface area contributed by atoms with E-state index in [1.54, 1.807) is 0 Å². The highest BCUT2D eigenvalue weighted by Crippen LogP contribution is 2.15. The number of ketones is 2. The van der Waals surface area contributed by atoms with Gasteiger partial charge in [0.1, 0.15) is 11.6 Å². The van der Waals surface area contributed by atoms with Crippen LogP contribution in [0, 0.1) is 0 Å². The molecule has 0 bridgehead atoms. The molecule has 4 heteroatoms. The lowest BCUT2D eigenvalue weighted by Gasteiger charge is -2.08. The molecule has 0 aliphatic carbocycles. The first-order valence-corrected chi connectivity index (χ1v) is 5.07. The highest BCUT2D eigenvalue weighted by atomic mass is 79.9. The molecule has 11 heavy (non-hydrogen) atoms. The van der Waals surface area contributed by atoms with Gasteiger partial charge < -0.3 is 0 Å². The Morgan fingerprint density at radius 2 is 1.36 bits per heavy atom. The quantitative estimate of drug-likeness (QED) is 0.741. The zero-order valence-corrected chi connectivity index (χ0v) is 9.61. The summed E-state index contributed by atoms with van der Waals surface area (Å²) < 4.78 is 0. The maximum atomic E-state index is 10.7. The average Bonchev–Trinajstić information content (AvgIpc) is 1.87. The lowest BCUT2D eigenvalue weighted by Crippen LogP contribution is -2.19. The molecule has 0 aliphatic heterocycles. The highest BCUT2D eigenvalue weighted by molar-refractivity contribution is 9.10. The molecule has 0 amide bonds. The van der Waals surface area contributed by atoms with Gasteiger partial charge >= 0.3 is 0 Å². The molecular weight excluding hydrogens is 276 g/mol. The third-order valence-corrected chi connectivity index (χ3v) is 3.33. The summed E-state index contributed by atoms with van der Waals surface area (Å²) in [5.74, 6) is 0.103. The Morgan fingerprint density at radius 3 is 1.55 bits per heavy atom. The predicted octanol–water partition coefficient (Wildman–Crippen LogP) is 2.08. The van der Waals surface area contributed by atoms with Gasteiger partial charge in [-0.25, -0.2) is 0 Å². The zero-order valence-electron chi connectivity index (χ0n) is 6.43. The molecule has 2 unspecified atom stereocenters. The van der Waals surface area contributed by atoms with Crippen LogP contribution in [0.15, 0.2) is 0 Å². The summed E-state index contributed by atoms with van der Waals surface area (Å²) in [7, 11) is 0. The van der Waals surface area contributed by atoms with Crippen LogP contribution >= 0.6 is 31.9 Å². The summed E-state index contributed by atoms with van der Waals surface area (Å²) >= 11 is 6.36. The summed E-state index contributed by atoms with van der Waals surface area (Å²) in [6.45, 7) is 3.00. The molecule has 0 aliphatic rings. The second-order valence-corrected chi connectivity index (χ2v) is 4.60. The maximum absolute atomic E-state index is 10.7. The molecule has 0 aromatic carbocycles. The van der Waals surface area contributed by atoms with Gasteiger partial charge in [-0.05, 0) is 20.3 Å². The first-order chi connectivity index (χ1) is 4.95. The van der Waals surface area contributed by atoms with Crippen LogP contribution in [0.3, 0.4) is 0 Å². The van der Waals surface area contributed by atoms with Crippen LogP contribution in [0.2, 0.25) is 0 Å². The number of carbonyl (C=O) groups excluding carboxylic acids is 2. The van der Waals surface area contributed by atoms with E-state index in [4.69, 9.17) is 0 Å². The van der Waals surface area contributed by atoms with Crippen molar-refractivity contribution < 1.29 is 9.59 Å². The van der Waals surface area contributed by atoms with E-state index in [1.165, 1.54) is 13.8 Å². The molecule has 0 aromatic rings. The highest BCUT2D eigenvalue weighted by Gasteiger charge is 2.17. The minimum absolute atomic E-state index is 0.0516. The van der Waals surface area contributed by atoms with Crippen LogP contribution in [0.5, 0.6) is 0 Å². The fourth-order valence-electron chi connectivity index (χ4n) is 0.514. The van der Waals surface area contributed by atoms with E-state index in [9.17, 15) is 9.59 Å². The molecular formula is C7H10Br2O2. The normalized spacial score (nSPS) is 15.6. The Morgan fingerprint density at radius 1 is 1.09 bits per heavy atom. The Labute approximate surface area is 83.0 Å². The van der Waals surface area contributed by atoms with Crippen molar-refractivity contribution in [3.63, 3.8) is 0 Å². The van der Waals surface area contributed by atoms with Gasteiger partial charge in [-0.1, -0.05) is 31.9 Å². The monoisotopic (exact) mass is 284 g/mol. The Bertz CT molecular complexity index is 150. The smallest absolute Gasteiger partial charge is 0.143 e. The summed E-state index contributed by atoms with van der Waals surface area (Å²) in [6, 6.07) is 0. The lowest BCUT2D eigenvalue weighted by molar-refractivity contribution is -0.117. The van der Waals surface area contributed by atoms with Crippen molar-refractivity contribution in [3.8, 4) is 0 Å². The fraction of sp³-hybridized carbons (Fsp3) is 0.714. The van der Waals surface area contributed by atoms with Gasteiger partial charge in [-0.3, -0.25) is 9.59 Å². The Kier molecular flexibility index (Phi) is 5.17. The molecule has 0 saturated carbocycles. The van der Waals surface area contributed by atoms with Gasteiger partial charge in [0.05, 0.1) is 9.65 Å². The van der Waals surface area contributed by atoms with Gasteiger partial charge in [-0.2, -0.15) is 0 Å². The molecule has 0 aromatic heterocycles. The summed E-state index contributed by atoms with van der Waals surface area (Å²) in [5, 5.41) is 0. The number of rotatable bonds is 4. The van der Waals surface area contributed by atoms with E-state index in [-0.39, 0.29) is 21.2 Å². The van der Waals surface area contributed by atoms with Crippen LogP contribution in [0.25, 0.3) is 0 Å². The van der Waals surface area contributed by atoms with Crippen molar-refractivity contribution in [3.05, 3.63) is 0 Å². The van der Waals surface area contributed by atoms with Gasteiger partial charge in [0, 0.05) is 0 Å². The van der Waals surface area contributed by atoms with Crippen LogP contribution in [-0.4, -0.2) is 21.2 Å². The number of hydrogen-bond donors (Lipinski definition) is 0. The van der Waals surface area contributed by atoms with Crippen LogP contribution in [0.1, 0.15) is 20.3 Å². The molecule has 0 N–H and O–H groups in total. The number of halogens is 2. The standard InChI is InChI=1S/C7H10Br2O2/c1-4(10)6(8)3-7(9)5(2)11/h6-7H,3H2,1-2H3. The molecule has 0 fully saturated rings. The van der Waals surface area contributed by atoms with E-state index in [1.807, 2.05) is 0 Å². The van der Waals surface area contributed by atoms with Crippen molar-refractivity contribution in [1.29, 1.82) is 0 Å². The number of Topliss-reactive ketones (excluding diaryl/α,β-unsaturated/α-hetero) is 2. The molecule has 0 rings (SSSR count). The van der Waals surface area contributed by atoms with Crippen LogP contribution in [0.4, 0.5) is 0 Å². The fourth-order valence-corrected chi connectivity index (χ4v) is 1.76. The summed E-state index contributed by atoms with van der Waals surface area (Å²) in [5.41, 5.74) is 0. The number of alkyl halides is 2. The molecule has 2 atom stereocenters. The van der Waals surface area contributed by atoms with E-state index < -0.39 is 0 Å². The van der Waals surface area contributed by atoms with E-state index in [0.29, 0.717) is 6.42 Å². The second kappa shape index (κ2) is 5.04. The minimum atomic E-state index is -0.212. The molecule has 0 radical (unpaired) electrons. The van der Waals surface area contributed by atoms with Crippen molar-refractivity contribution in [1.82, 2.24) is 0 Å². The number of carbonyl (C=O) groups is 2. The SMILES string of the molecule is CC(=O)C(Br)CC(Br)C(C)=O. The van der Waals surface area contributed by atoms with Crippen molar-refractivity contribution in [2.45, 2.75) is 29.9 Å².